The first kappa shape index (κ1) is 21.1. The van der Waals surface area contributed by atoms with E-state index in [1.54, 1.807) is 6.07 Å². The van der Waals surface area contributed by atoms with E-state index in [0.717, 1.165) is 37.9 Å². The van der Waals surface area contributed by atoms with Crippen molar-refractivity contribution in [3.8, 4) is 0 Å². The predicted molar refractivity (Wildman–Crippen MR) is 126 cm³/mol. The molecule has 4 rings (SSSR count). The number of carbonyl (C=O) groups excluding carboxylic acids is 1. The van der Waals surface area contributed by atoms with Crippen molar-refractivity contribution in [2.45, 2.75) is 32.7 Å². The molecule has 0 spiro atoms. The molecule has 3 aromatic rings. The third-order valence-electron chi connectivity index (χ3n) is 5.72. The summed E-state index contributed by atoms with van der Waals surface area (Å²) >= 11 is 0. The number of ether oxygens (including phenoxy) is 1. The fourth-order valence-electron chi connectivity index (χ4n) is 4.21. The van der Waals surface area contributed by atoms with E-state index in [9.17, 15) is 4.79 Å². The normalized spacial score (nSPS) is 12.5. The number of rotatable bonds is 7. The third-order valence-corrected chi connectivity index (χ3v) is 5.72. The van der Waals surface area contributed by atoms with E-state index in [0.29, 0.717) is 12.2 Å². The van der Waals surface area contributed by atoms with Gasteiger partial charge in [0, 0.05) is 6.54 Å². The van der Waals surface area contributed by atoms with E-state index in [4.69, 9.17) is 4.74 Å². The molecule has 1 N–H and O–H groups in total. The molecule has 0 radical (unpaired) electrons. The fourth-order valence-corrected chi connectivity index (χ4v) is 4.21. The Morgan fingerprint density at radius 1 is 0.935 bits per heavy atom. The highest BCUT2D eigenvalue weighted by atomic mass is 16.5. The number of esters is 1. The summed E-state index contributed by atoms with van der Waals surface area (Å²) in [5.41, 5.74) is 8.60. The van der Waals surface area contributed by atoms with Gasteiger partial charge >= 0.3 is 5.97 Å². The lowest BCUT2D eigenvalue weighted by molar-refractivity contribution is 0.0526. The summed E-state index contributed by atoms with van der Waals surface area (Å²) in [6, 6.07) is 25.2. The van der Waals surface area contributed by atoms with Crippen molar-refractivity contribution < 1.29 is 9.53 Å². The average Bonchev–Trinajstić information content (AvgIpc) is 2.96. The molecule has 0 bridgehead atoms. The van der Waals surface area contributed by atoms with E-state index >= 15 is 0 Å². The largest absolute Gasteiger partial charge is 0.462 e. The van der Waals surface area contributed by atoms with Crippen LogP contribution >= 0.6 is 0 Å². The van der Waals surface area contributed by atoms with Gasteiger partial charge in [0.25, 0.3) is 0 Å². The molecule has 0 amide bonds. The van der Waals surface area contributed by atoms with E-state index in [1.165, 1.54) is 27.8 Å². The number of aryl methyl sites for hydroxylation is 2. The summed E-state index contributed by atoms with van der Waals surface area (Å²) in [5, 5.41) is 3.51. The quantitative estimate of drug-likeness (QED) is 0.408. The van der Waals surface area contributed by atoms with Crippen molar-refractivity contribution in [2.24, 2.45) is 0 Å². The summed E-state index contributed by atoms with van der Waals surface area (Å²) in [5.74, 6) is -0.264. The highest BCUT2D eigenvalue weighted by molar-refractivity contribution is 5.89. The predicted octanol–water partition coefficient (Wildman–Crippen LogP) is 5.57. The zero-order chi connectivity index (χ0) is 21.5. The molecule has 0 aromatic heterocycles. The second kappa shape index (κ2) is 10.2. The first-order valence-electron chi connectivity index (χ1n) is 11.1. The Bertz CT molecular complexity index is 1030. The number of nitrogens with one attached hydrogen (secondary N) is 1. The van der Waals surface area contributed by atoms with Gasteiger partial charge in [-0.3, -0.25) is 0 Å². The molecule has 3 aromatic carbocycles. The fraction of sp³-hybridized carbons (Fsp3) is 0.250. The van der Waals surface area contributed by atoms with Crippen molar-refractivity contribution in [3.05, 3.63) is 112 Å². The Labute approximate surface area is 184 Å². The number of carbonyl (C=O) groups is 1. The summed E-state index contributed by atoms with van der Waals surface area (Å²) in [6.45, 7) is 3.81. The third kappa shape index (κ3) is 5.12. The second-order valence-electron chi connectivity index (χ2n) is 7.82. The Balaban J connectivity index is 1.43. The Morgan fingerprint density at radius 3 is 2.29 bits per heavy atom. The molecule has 0 heterocycles. The summed E-state index contributed by atoms with van der Waals surface area (Å²) < 4.78 is 5.09. The lowest BCUT2D eigenvalue weighted by Crippen LogP contribution is -2.15. The number of benzene rings is 3. The van der Waals surface area contributed by atoms with Crippen LogP contribution < -0.4 is 5.32 Å². The van der Waals surface area contributed by atoms with Crippen molar-refractivity contribution >= 4 is 11.5 Å². The standard InChI is InChI=1S/C28H29NO2/c1-2-31-28(30)24-12-7-9-21(19-24)20-29-18-8-15-27-25-13-5-3-10-22(25)16-17-23-11-4-6-14-26(23)27/h3-7,9-15,19,29H,2,8,16-18,20H2,1H3. The van der Waals surface area contributed by atoms with Gasteiger partial charge in [-0.1, -0.05) is 66.7 Å². The molecule has 0 saturated heterocycles. The maximum atomic E-state index is 11.9. The molecule has 0 fully saturated rings. The summed E-state index contributed by atoms with van der Waals surface area (Å²) in [6.07, 6.45) is 5.47. The van der Waals surface area contributed by atoms with Gasteiger partial charge in [-0.2, -0.15) is 0 Å². The van der Waals surface area contributed by atoms with Crippen LogP contribution in [0.25, 0.3) is 5.57 Å². The molecular weight excluding hydrogens is 382 g/mol. The van der Waals surface area contributed by atoms with Crippen LogP contribution in [0.1, 0.15) is 51.5 Å². The maximum Gasteiger partial charge on any atom is 0.338 e. The van der Waals surface area contributed by atoms with Crippen LogP contribution in [0.2, 0.25) is 0 Å². The van der Waals surface area contributed by atoms with Crippen LogP contribution in [0.4, 0.5) is 0 Å². The van der Waals surface area contributed by atoms with Crippen molar-refractivity contribution in [3.63, 3.8) is 0 Å². The van der Waals surface area contributed by atoms with E-state index < -0.39 is 0 Å². The minimum absolute atomic E-state index is 0.264. The monoisotopic (exact) mass is 411 g/mol. The lowest BCUT2D eigenvalue weighted by atomic mass is 9.93. The minimum atomic E-state index is -0.264. The topological polar surface area (TPSA) is 38.3 Å². The van der Waals surface area contributed by atoms with Crippen molar-refractivity contribution in [1.29, 1.82) is 0 Å². The first-order chi connectivity index (χ1) is 15.3. The first-order valence-corrected chi connectivity index (χ1v) is 11.1. The van der Waals surface area contributed by atoms with E-state index in [1.807, 2.05) is 25.1 Å². The van der Waals surface area contributed by atoms with Crippen LogP contribution in [0, 0.1) is 0 Å². The molecule has 0 saturated carbocycles. The van der Waals surface area contributed by atoms with Gasteiger partial charge in [-0.15, -0.1) is 0 Å². The van der Waals surface area contributed by atoms with Crippen molar-refractivity contribution in [2.75, 3.05) is 13.2 Å². The van der Waals surface area contributed by atoms with Crippen LogP contribution in [0.5, 0.6) is 0 Å². The molecule has 31 heavy (non-hydrogen) atoms. The van der Waals surface area contributed by atoms with Crippen LogP contribution in [0.15, 0.2) is 78.9 Å². The molecule has 1 aliphatic rings. The molecular formula is C28H29NO2. The summed E-state index contributed by atoms with van der Waals surface area (Å²) in [7, 11) is 0. The van der Waals surface area contributed by atoms with Gasteiger partial charge in [0.1, 0.15) is 0 Å². The zero-order valence-electron chi connectivity index (χ0n) is 18.1. The highest BCUT2D eigenvalue weighted by Crippen LogP contribution is 2.33. The lowest BCUT2D eigenvalue weighted by Gasteiger charge is -2.12. The Kier molecular flexibility index (Phi) is 6.96. The molecule has 3 heteroatoms. The molecule has 3 nitrogen and oxygen atoms in total. The average molecular weight is 412 g/mol. The molecule has 0 aliphatic heterocycles. The minimum Gasteiger partial charge on any atom is -0.462 e. The van der Waals surface area contributed by atoms with Crippen LogP contribution in [0.3, 0.4) is 0 Å². The Hall–Kier alpha value is -3.17. The smallest absolute Gasteiger partial charge is 0.338 e. The second-order valence-corrected chi connectivity index (χ2v) is 7.82. The van der Waals surface area contributed by atoms with Crippen LogP contribution in [-0.2, 0) is 24.1 Å². The molecule has 0 atom stereocenters. The van der Waals surface area contributed by atoms with Crippen molar-refractivity contribution in [1.82, 2.24) is 5.32 Å². The van der Waals surface area contributed by atoms with Gasteiger partial charge in [0.15, 0.2) is 0 Å². The van der Waals surface area contributed by atoms with Gasteiger partial charge in [-0.05, 0) is 78.3 Å². The van der Waals surface area contributed by atoms with Gasteiger partial charge < -0.3 is 10.1 Å². The maximum absolute atomic E-state index is 11.9. The van der Waals surface area contributed by atoms with Crippen LogP contribution in [-0.4, -0.2) is 19.1 Å². The van der Waals surface area contributed by atoms with E-state index in [-0.39, 0.29) is 5.97 Å². The summed E-state index contributed by atoms with van der Waals surface area (Å²) in [4.78, 5) is 11.9. The number of hydrogen-bond donors (Lipinski definition) is 1. The van der Waals surface area contributed by atoms with Gasteiger partial charge in [-0.25, -0.2) is 4.79 Å². The molecule has 1 aliphatic carbocycles. The Morgan fingerprint density at radius 2 is 1.61 bits per heavy atom. The number of fused-ring (bicyclic) bond motifs is 2. The van der Waals surface area contributed by atoms with E-state index in [2.05, 4.69) is 59.9 Å². The number of hydrogen-bond acceptors (Lipinski definition) is 3. The SMILES string of the molecule is CCOC(=O)c1cccc(CNCCC=C2c3ccccc3CCc3ccccc32)c1. The molecule has 0 unspecified atom stereocenters. The van der Waals surface area contributed by atoms with Gasteiger partial charge in [0.05, 0.1) is 12.2 Å². The zero-order valence-corrected chi connectivity index (χ0v) is 18.1. The highest BCUT2D eigenvalue weighted by Gasteiger charge is 2.16. The molecule has 158 valence electrons. The van der Waals surface area contributed by atoms with Gasteiger partial charge in [0.2, 0.25) is 0 Å².